The van der Waals surface area contributed by atoms with Gasteiger partial charge in [-0.3, -0.25) is 9.59 Å². The molecule has 3 aromatic carbocycles. The summed E-state index contributed by atoms with van der Waals surface area (Å²) in [6.45, 7) is 6.37. The first-order valence-electron chi connectivity index (χ1n) is 11.7. The maximum absolute atomic E-state index is 13.8. The molecule has 0 aliphatic carbocycles. The Bertz CT molecular complexity index is 1410. The number of carbonyl (C=O) groups is 2. The highest BCUT2D eigenvalue weighted by Gasteiger charge is 2.25. The molecule has 0 spiro atoms. The van der Waals surface area contributed by atoms with Gasteiger partial charge in [0.05, 0.1) is 16.8 Å². The molecule has 6 heteroatoms. The zero-order valence-corrected chi connectivity index (χ0v) is 21.4. The second-order valence-electron chi connectivity index (χ2n) is 8.96. The van der Waals surface area contributed by atoms with Crippen LogP contribution in [-0.4, -0.2) is 47.8 Å². The minimum absolute atomic E-state index is 0.0236. The van der Waals surface area contributed by atoms with Gasteiger partial charge in [-0.2, -0.15) is 0 Å². The van der Waals surface area contributed by atoms with Crippen LogP contribution in [0.25, 0.3) is 22.2 Å². The number of nitrogens with zero attached hydrogens (tertiary/aromatic N) is 3. The first kappa shape index (κ1) is 23.2. The number of halogens is 1. The minimum atomic E-state index is 0.0236. The van der Waals surface area contributed by atoms with E-state index in [1.165, 1.54) is 5.56 Å². The Morgan fingerprint density at radius 1 is 0.857 bits per heavy atom. The van der Waals surface area contributed by atoms with Crippen molar-refractivity contribution < 1.29 is 9.59 Å². The summed E-state index contributed by atoms with van der Waals surface area (Å²) in [6, 6.07) is 23.7. The third-order valence-corrected chi connectivity index (χ3v) is 7.05. The first-order chi connectivity index (χ1) is 16.9. The molecule has 0 saturated carbocycles. The topological polar surface area (TPSA) is 53.5 Å². The van der Waals surface area contributed by atoms with Crippen molar-refractivity contribution in [2.75, 3.05) is 31.1 Å². The highest BCUT2D eigenvalue weighted by atomic mass is 79.9. The fourth-order valence-electron chi connectivity index (χ4n) is 4.49. The van der Waals surface area contributed by atoms with Crippen molar-refractivity contribution in [2.45, 2.75) is 13.8 Å². The van der Waals surface area contributed by atoms with E-state index in [0.717, 1.165) is 45.4 Å². The van der Waals surface area contributed by atoms with Gasteiger partial charge in [0.15, 0.2) is 5.78 Å². The van der Waals surface area contributed by atoms with Crippen molar-refractivity contribution in [3.05, 3.63) is 94.0 Å². The molecule has 0 unspecified atom stereocenters. The number of aryl methyl sites for hydroxylation is 1. The third kappa shape index (κ3) is 4.84. The molecule has 0 bridgehead atoms. The summed E-state index contributed by atoms with van der Waals surface area (Å²) in [6.07, 6.45) is 0. The molecule has 5 nitrogen and oxygen atoms in total. The molecule has 1 aromatic heterocycles. The van der Waals surface area contributed by atoms with Crippen LogP contribution in [0.4, 0.5) is 5.69 Å². The van der Waals surface area contributed by atoms with Gasteiger partial charge >= 0.3 is 0 Å². The van der Waals surface area contributed by atoms with Crippen molar-refractivity contribution in [3.63, 3.8) is 0 Å². The Labute approximate surface area is 213 Å². The van der Waals surface area contributed by atoms with Crippen molar-refractivity contribution >= 4 is 44.2 Å². The zero-order valence-electron chi connectivity index (χ0n) is 19.8. The van der Waals surface area contributed by atoms with Crippen LogP contribution in [-0.2, 0) is 0 Å². The second kappa shape index (κ2) is 9.62. The van der Waals surface area contributed by atoms with Crippen LogP contribution in [0.3, 0.4) is 0 Å². The number of Topliss-reactive ketones (excluding diaryl/α,β-unsaturated/α-hetero) is 1. The van der Waals surface area contributed by atoms with Crippen LogP contribution in [0, 0.1) is 6.92 Å². The number of carbonyl (C=O) groups excluding carboxylic acids is 2. The molecule has 35 heavy (non-hydrogen) atoms. The van der Waals surface area contributed by atoms with Crippen LogP contribution in [0.2, 0.25) is 0 Å². The summed E-state index contributed by atoms with van der Waals surface area (Å²) >= 11 is 3.55. The number of benzene rings is 3. The number of anilines is 1. The lowest BCUT2D eigenvalue weighted by Gasteiger charge is -2.36. The molecule has 1 aliphatic rings. The number of ketones is 1. The smallest absolute Gasteiger partial charge is 0.254 e. The van der Waals surface area contributed by atoms with Crippen LogP contribution in [0.15, 0.2) is 77.3 Å². The number of piperazine rings is 1. The standard InChI is InChI=1S/C29H26BrN3O2/c1-19-3-5-22(6-4-19)28-18-26(25-17-23(30)9-12-27(25)31-28)29(35)33-15-13-32(14-16-33)24-10-7-21(8-11-24)20(2)34/h3-12,17-18H,13-16H2,1-2H3. The highest BCUT2D eigenvalue weighted by molar-refractivity contribution is 9.10. The maximum atomic E-state index is 13.8. The van der Waals surface area contributed by atoms with E-state index in [0.29, 0.717) is 24.2 Å². The van der Waals surface area contributed by atoms with Gasteiger partial charge in [-0.25, -0.2) is 4.98 Å². The highest BCUT2D eigenvalue weighted by Crippen LogP contribution is 2.29. The predicted molar refractivity (Wildman–Crippen MR) is 144 cm³/mol. The summed E-state index contributed by atoms with van der Waals surface area (Å²) < 4.78 is 0.919. The molecule has 176 valence electrons. The van der Waals surface area contributed by atoms with Crippen molar-refractivity contribution in [1.29, 1.82) is 0 Å². The Balaban J connectivity index is 1.41. The van der Waals surface area contributed by atoms with Crippen molar-refractivity contribution in [2.24, 2.45) is 0 Å². The molecule has 1 fully saturated rings. The quantitative estimate of drug-likeness (QED) is 0.299. The molecule has 0 atom stereocenters. The van der Waals surface area contributed by atoms with Gasteiger partial charge in [0.2, 0.25) is 0 Å². The maximum Gasteiger partial charge on any atom is 0.254 e. The van der Waals surface area contributed by atoms with Gasteiger partial charge in [0.25, 0.3) is 5.91 Å². The lowest BCUT2D eigenvalue weighted by molar-refractivity contribution is 0.0748. The molecule has 1 amide bonds. The van der Waals surface area contributed by atoms with Crippen molar-refractivity contribution in [3.8, 4) is 11.3 Å². The van der Waals surface area contributed by atoms with Crippen LogP contribution >= 0.6 is 15.9 Å². The number of rotatable bonds is 4. The fourth-order valence-corrected chi connectivity index (χ4v) is 4.85. The Hall–Kier alpha value is -3.51. The summed E-state index contributed by atoms with van der Waals surface area (Å²) in [5, 5.41) is 0.850. The third-order valence-electron chi connectivity index (χ3n) is 6.55. The number of pyridine rings is 1. The van der Waals surface area contributed by atoms with Gasteiger partial charge in [-0.1, -0.05) is 45.8 Å². The molecular formula is C29H26BrN3O2. The van der Waals surface area contributed by atoms with E-state index in [1.54, 1.807) is 6.92 Å². The Morgan fingerprint density at radius 2 is 1.54 bits per heavy atom. The molecule has 0 radical (unpaired) electrons. The summed E-state index contributed by atoms with van der Waals surface area (Å²) in [4.78, 5) is 34.4. The van der Waals surface area contributed by atoms with Crippen LogP contribution in [0.5, 0.6) is 0 Å². The lowest BCUT2D eigenvalue weighted by atomic mass is 10.0. The number of amides is 1. The molecule has 0 N–H and O–H groups in total. The van der Waals surface area contributed by atoms with Gasteiger partial charge < -0.3 is 9.80 Å². The number of hydrogen-bond donors (Lipinski definition) is 0. The van der Waals surface area contributed by atoms with E-state index in [4.69, 9.17) is 4.98 Å². The van der Waals surface area contributed by atoms with Gasteiger partial charge in [0, 0.05) is 52.9 Å². The van der Waals surface area contributed by atoms with E-state index < -0.39 is 0 Å². The zero-order chi connectivity index (χ0) is 24.5. The average Bonchev–Trinajstić information content (AvgIpc) is 2.88. The predicted octanol–water partition coefficient (Wildman–Crippen LogP) is 6.14. The monoisotopic (exact) mass is 527 g/mol. The lowest BCUT2D eigenvalue weighted by Crippen LogP contribution is -2.48. The summed E-state index contributed by atoms with van der Waals surface area (Å²) in [5.41, 5.74) is 6.24. The minimum Gasteiger partial charge on any atom is -0.368 e. The van der Waals surface area contributed by atoms with Crippen LogP contribution in [0.1, 0.15) is 33.2 Å². The first-order valence-corrected chi connectivity index (χ1v) is 12.5. The molecule has 1 saturated heterocycles. The Morgan fingerprint density at radius 3 is 2.20 bits per heavy atom. The van der Waals surface area contributed by atoms with Crippen LogP contribution < -0.4 is 4.90 Å². The molecule has 1 aliphatic heterocycles. The van der Waals surface area contributed by atoms with Gasteiger partial charge in [-0.15, -0.1) is 0 Å². The second-order valence-corrected chi connectivity index (χ2v) is 9.88. The summed E-state index contributed by atoms with van der Waals surface area (Å²) in [7, 11) is 0. The molecule has 2 heterocycles. The van der Waals surface area contributed by atoms with Gasteiger partial charge in [0.1, 0.15) is 0 Å². The van der Waals surface area contributed by atoms with E-state index >= 15 is 0 Å². The average molecular weight is 528 g/mol. The van der Waals surface area contributed by atoms with E-state index in [2.05, 4.69) is 39.9 Å². The number of fused-ring (bicyclic) bond motifs is 1. The normalized spacial score (nSPS) is 13.8. The largest absolute Gasteiger partial charge is 0.368 e. The van der Waals surface area contributed by atoms with E-state index in [-0.39, 0.29) is 11.7 Å². The number of hydrogen-bond acceptors (Lipinski definition) is 4. The molecular weight excluding hydrogens is 502 g/mol. The fraction of sp³-hybridized carbons (Fsp3) is 0.207. The van der Waals surface area contributed by atoms with Crippen molar-refractivity contribution in [1.82, 2.24) is 9.88 Å². The summed E-state index contributed by atoms with van der Waals surface area (Å²) in [5.74, 6) is 0.0867. The number of aromatic nitrogens is 1. The van der Waals surface area contributed by atoms with E-state index in [9.17, 15) is 9.59 Å². The van der Waals surface area contributed by atoms with E-state index in [1.807, 2.05) is 65.6 Å². The Kier molecular flexibility index (Phi) is 6.39. The molecule has 4 aromatic rings. The SMILES string of the molecule is CC(=O)c1ccc(N2CCN(C(=O)c3cc(-c4ccc(C)cc4)nc4ccc(Br)cc34)CC2)cc1. The molecule has 5 rings (SSSR count). The van der Waals surface area contributed by atoms with Gasteiger partial charge in [-0.05, 0) is 62.4 Å².